The van der Waals surface area contributed by atoms with E-state index in [1.807, 2.05) is 29.8 Å². The van der Waals surface area contributed by atoms with Gasteiger partial charge in [-0.15, -0.1) is 0 Å². The van der Waals surface area contributed by atoms with Crippen molar-refractivity contribution in [3.8, 4) is 17.6 Å². The van der Waals surface area contributed by atoms with Gasteiger partial charge in [0.15, 0.2) is 23.0 Å². The topological polar surface area (TPSA) is 151 Å². The number of aliphatic hydroxyl groups is 1. The van der Waals surface area contributed by atoms with E-state index in [1.54, 1.807) is 24.3 Å². The van der Waals surface area contributed by atoms with Crippen molar-refractivity contribution in [2.24, 2.45) is 0 Å². The summed E-state index contributed by atoms with van der Waals surface area (Å²) in [6, 6.07) is 7.43. The minimum Gasteiger partial charge on any atom is -0.504 e. The molecule has 1 aliphatic carbocycles. The van der Waals surface area contributed by atoms with Crippen molar-refractivity contribution in [1.82, 2.24) is 14.7 Å². The van der Waals surface area contributed by atoms with E-state index in [4.69, 9.17) is 4.74 Å². The van der Waals surface area contributed by atoms with Crippen LogP contribution in [0.4, 0.5) is 0 Å². The maximum Gasteiger partial charge on any atom is 0.261 e. The molecule has 5 aliphatic rings. The fraction of sp³-hybridized carbons (Fsp3) is 0.364. The van der Waals surface area contributed by atoms with Gasteiger partial charge in [0.2, 0.25) is 5.78 Å². The molecule has 5 atom stereocenters. The molecule has 0 unspecified atom stereocenters. The normalized spacial score (nSPS) is 28.1. The van der Waals surface area contributed by atoms with Crippen LogP contribution in [0, 0.1) is 18.3 Å². The van der Waals surface area contributed by atoms with Gasteiger partial charge in [-0.1, -0.05) is 18.2 Å². The molecule has 0 aromatic heterocycles. The first-order chi connectivity index (χ1) is 21.0. The Labute approximate surface area is 253 Å². The van der Waals surface area contributed by atoms with Crippen LogP contribution in [0.25, 0.3) is 0 Å². The van der Waals surface area contributed by atoms with Crippen LogP contribution < -0.4 is 4.74 Å². The molecule has 2 bridgehead atoms. The molecule has 0 radical (unpaired) electrons. The molecule has 44 heavy (non-hydrogen) atoms. The van der Waals surface area contributed by atoms with E-state index in [0.717, 1.165) is 16.0 Å². The monoisotopic (exact) mass is 594 g/mol. The highest BCUT2D eigenvalue weighted by Gasteiger charge is 2.58. The lowest BCUT2D eigenvalue weighted by molar-refractivity contribution is -0.122. The highest BCUT2D eigenvalue weighted by Crippen LogP contribution is 2.53. The largest absolute Gasteiger partial charge is 0.504 e. The molecule has 0 saturated carbocycles. The lowest BCUT2D eigenvalue weighted by Crippen LogP contribution is -2.71. The Balaban J connectivity index is 1.43. The average molecular weight is 595 g/mol. The number of methoxy groups -OCH3 is 1. The molecular weight excluding hydrogens is 564 g/mol. The van der Waals surface area contributed by atoms with Gasteiger partial charge in [-0.05, 0) is 57.0 Å². The number of phenolic OH excluding ortho intramolecular Hbond substituents is 1. The molecule has 4 aliphatic heterocycles. The molecule has 7 rings (SSSR count). The van der Waals surface area contributed by atoms with E-state index in [-0.39, 0.29) is 52.6 Å². The molecule has 11 heteroatoms. The third kappa shape index (κ3) is 3.49. The van der Waals surface area contributed by atoms with E-state index < -0.39 is 53.3 Å². The Morgan fingerprint density at radius 2 is 1.66 bits per heavy atom. The van der Waals surface area contributed by atoms with Crippen LogP contribution in [0.5, 0.6) is 11.5 Å². The third-order valence-corrected chi connectivity index (χ3v) is 10.1. The molecule has 0 spiro atoms. The van der Waals surface area contributed by atoms with Crippen LogP contribution in [0.2, 0.25) is 0 Å². The number of allylic oxidation sites excluding steroid dienone is 2. The van der Waals surface area contributed by atoms with E-state index in [0.29, 0.717) is 17.7 Å². The van der Waals surface area contributed by atoms with Crippen molar-refractivity contribution < 1.29 is 34.1 Å². The molecule has 11 nitrogen and oxygen atoms in total. The number of carbonyl (C=O) groups excluding carboxylic acids is 4. The number of aryl methyl sites for hydroxylation is 1. The number of amides is 2. The number of aliphatic hydroxyl groups excluding tert-OH is 1. The summed E-state index contributed by atoms with van der Waals surface area (Å²) in [7, 11) is 3.35. The number of ether oxygens (including phenoxy) is 1. The SMILES string of the molecule is COc1c(C)cc2c(c1O)[C@H]1[C@@H]3CC4=C(C(=O)C(O)=C(C)C4=O)[C@H](CN4C(=O)c5ccccc5C4=O)N3[C@@H](C#N)[C@H](C2)N1C. The number of rotatable bonds is 3. The van der Waals surface area contributed by atoms with Gasteiger partial charge < -0.3 is 14.9 Å². The van der Waals surface area contributed by atoms with Gasteiger partial charge in [0.05, 0.1) is 36.4 Å². The van der Waals surface area contributed by atoms with E-state index in [9.17, 15) is 34.7 Å². The van der Waals surface area contributed by atoms with E-state index in [2.05, 4.69) is 6.07 Å². The molecule has 224 valence electrons. The number of carbonyl (C=O) groups is 4. The number of aromatic hydroxyl groups is 1. The number of nitrogens with zero attached hydrogens (tertiary/aromatic N) is 4. The van der Waals surface area contributed by atoms with Gasteiger partial charge in [-0.3, -0.25) is 33.9 Å². The van der Waals surface area contributed by atoms with Crippen LogP contribution in [-0.4, -0.2) is 93.2 Å². The number of fused-ring (bicyclic) bond motifs is 7. The summed E-state index contributed by atoms with van der Waals surface area (Å²) in [5.41, 5.74) is 2.80. The molecule has 1 fully saturated rings. The Hall–Kier alpha value is -4.79. The zero-order valence-corrected chi connectivity index (χ0v) is 24.6. The summed E-state index contributed by atoms with van der Waals surface area (Å²) in [6.07, 6.45) is 0.461. The molecule has 1 saturated heterocycles. The maximum atomic E-state index is 13.8. The quantitative estimate of drug-likeness (QED) is 0.401. The van der Waals surface area contributed by atoms with Crippen molar-refractivity contribution >= 4 is 23.4 Å². The summed E-state index contributed by atoms with van der Waals surface area (Å²) in [6.45, 7) is 2.93. The maximum absolute atomic E-state index is 13.8. The summed E-state index contributed by atoms with van der Waals surface area (Å²) in [5.74, 6) is -2.69. The number of ketones is 2. The number of likely N-dealkylation sites (N-methyl/N-ethyl adjacent to an activating group) is 1. The number of imide groups is 1. The Bertz CT molecular complexity index is 1800. The van der Waals surface area contributed by atoms with Crippen LogP contribution in [0.1, 0.15) is 56.8 Å². The number of benzene rings is 2. The highest BCUT2D eigenvalue weighted by atomic mass is 16.5. The number of nitriles is 1. The van der Waals surface area contributed by atoms with Gasteiger partial charge in [0.25, 0.3) is 11.8 Å². The second-order valence-corrected chi connectivity index (χ2v) is 12.1. The molecule has 2 aromatic carbocycles. The summed E-state index contributed by atoms with van der Waals surface area (Å²) >= 11 is 0. The molecule has 2 N–H and O–H groups in total. The fourth-order valence-corrected chi connectivity index (χ4v) is 8.13. The van der Waals surface area contributed by atoms with E-state index >= 15 is 0 Å². The van der Waals surface area contributed by atoms with Crippen molar-refractivity contribution in [1.29, 1.82) is 5.26 Å². The van der Waals surface area contributed by atoms with Crippen molar-refractivity contribution in [2.75, 3.05) is 20.7 Å². The number of hydrogen-bond donors (Lipinski definition) is 2. The zero-order chi connectivity index (χ0) is 31.4. The second kappa shape index (κ2) is 9.61. The Morgan fingerprint density at radius 3 is 2.27 bits per heavy atom. The first kappa shape index (κ1) is 28.0. The minimum atomic E-state index is -1.06. The van der Waals surface area contributed by atoms with Gasteiger partial charge in [0.1, 0.15) is 6.04 Å². The number of piperazine rings is 1. The Kier molecular flexibility index (Phi) is 6.12. The van der Waals surface area contributed by atoms with Crippen LogP contribution in [0.3, 0.4) is 0 Å². The first-order valence-corrected chi connectivity index (χ1v) is 14.5. The fourth-order valence-electron chi connectivity index (χ4n) is 8.13. The predicted molar refractivity (Wildman–Crippen MR) is 155 cm³/mol. The van der Waals surface area contributed by atoms with Crippen molar-refractivity contribution in [2.45, 2.75) is 56.9 Å². The summed E-state index contributed by atoms with van der Waals surface area (Å²) < 4.78 is 5.54. The van der Waals surface area contributed by atoms with Crippen molar-refractivity contribution in [3.63, 3.8) is 0 Å². The predicted octanol–water partition coefficient (Wildman–Crippen LogP) is 2.53. The minimum absolute atomic E-state index is 0.000264. The van der Waals surface area contributed by atoms with Gasteiger partial charge in [0, 0.05) is 40.9 Å². The van der Waals surface area contributed by atoms with Crippen LogP contribution >= 0.6 is 0 Å². The van der Waals surface area contributed by atoms with Gasteiger partial charge in [-0.25, -0.2) is 0 Å². The first-order valence-electron chi connectivity index (χ1n) is 14.5. The van der Waals surface area contributed by atoms with E-state index in [1.165, 1.54) is 14.0 Å². The zero-order valence-electron chi connectivity index (χ0n) is 24.6. The summed E-state index contributed by atoms with van der Waals surface area (Å²) in [5, 5.41) is 32.9. The lowest BCUT2D eigenvalue weighted by atomic mass is 9.69. The van der Waals surface area contributed by atoms with Crippen LogP contribution in [0.15, 0.2) is 52.8 Å². The second-order valence-electron chi connectivity index (χ2n) is 12.1. The van der Waals surface area contributed by atoms with Crippen molar-refractivity contribution in [3.05, 3.63) is 80.6 Å². The number of phenols is 1. The molecule has 2 amide bonds. The molecule has 4 heterocycles. The van der Waals surface area contributed by atoms with Crippen LogP contribution in [-0.2, 0) is 16.0 Å². The smallest absolute Gasteiger partial charge is 0.261 e. The molecular formula is C33H30N4O7. The number of Topliss-reactive ketones (excluding diaryl/α,β-unsaturated/α-hetero) is 2. The lowest BCUT2D eigenvalue weighted by Gasteiger charge is -2.60. The summed E-state index contributed by atoms with van der Waals surface area (Å²) in [4.78, 5) is 59.4. The standard InChI is InChI=1S/C33H30N4O7/c1-14-9-16-10-20-22(12-34)37-21(26(35(20)3)24(16)30(41)31(14)44-4)11-19-25(29(40)28(39)15(2)27(19)38)23(37)13-36-32(42)17-7-5-6-8-18(17)33(36)43/h5-9,20-23,26,39,41H,10-11,13H2,1-4H3/t20-,21-,22-,23-,26+/m0/s1. The Morgan fingerprint density at radius 1 is 1.00 bits per heavy atom. The molecule has 2 aromatic rings. The third-order valence-electron chi connectivity index (χ3n) is 10.1. The highest BCUT2D eigenvalue weighted by molar-refractivity contribution is 6.25. The average Bonchev–Trinajstić information content (AvgIpc) is 3.24. The number of hydrogen-bond acceptors (Lipinski definition) is 10. The van der Waals surface area contributed by atoms with Gasteiger partial charge in [-0.2, -0.15) is 5.26 Å². The van der Waals surface area contributed by atoms with Gasteiger partial charge >= 0.3 is 0 Å².